The van der Waals surface area contributed by atoms with Crippen LogP contribution in [0.1, 0.15) is 19.8 Å². The number of hydrogen-bond acceptors (Lipinski definition) is 7. The highest BCUT2D eigenvalue weighted by atomic mass is 32.2. The van der Waals surface area contributed by atoms with Crippen LogP contribution in [0, 0.1) is 17.2 Å². The van der Waals surface area contributed by atoms with E-state index < -0.39 is 11.3 Å². The molecule has 1 aromatic carbocycles. The quantitative estimate of drug-likeness (QED) is 0.452. The lowest BCUT2D eigenvalue weighted by Gasteiger charge is -2.25. The number of hydrogen-bond donors (Lipinski definition) is 2. The summed E-state index contributed by atoms with van der Waals surface area (Å²) in [6.45, 7) is 10.5. The minimum Gasteiger partial charge on any atom is -0.492 e. The summed E-state index contributed by atoms with van der Waals surface area (Å²) in [5, 5.41) is 14.7. The normalized spacial score (nSPS) is 21.5. The van der Waals surface area contributed by atoms with Gasteiger partial charge < -0.3 is 20.3 Å². The van der Waals surface area contributed by atoms with Crippen LogP contribution in [0.15, 0.2) is 36.9 Å². The molecule has 0 aromatic heterocycles. The molecule has 2 N–H and O–H groups in total. The van der Waals surface area contributed by atoms with Crippen molar-refractivity contribution in [3.63, 3.8) is 0 Å². The molecule has 2 heterocycles. The zero-order valence-corrected chi connectivity index (χ0v) is 20.0. The molecular formula is C24H33N5O3S. The van der Waals surface area contributed by atoms with E-state index in [-0.39, 0.29) is 23.6 Å². The van der Waals surface area contributed by atoms with Crippen molar-refractivity contribution in [2.45, 2.75) is 30.4 Å². The molecule has 2 aliphatic heterocycles. The summed E-state index contributed by atoms with van der Waals surface area (Å²) in [4.78, 5) is 29.4. The highest BCUT2D eigenvalue weighted by molar-refractivity contribution is 8.01. The highest BCUT2D eigenvalue weighted by Gasteiger charge is 2.45. The molecule has 9 heteroatoms. The van der Waals surface area contributed by atoms with Crippen LogP contribution >= 0.6 is 11.8 Å². The Morgan fingerprint density at radius 2 is 2.21 bits per heavy atom. The number of nitriles is 1. The lowest BCUT2D eigenvalue weighted by Crippen LogP contribution is -2.44. The van der Waals surface area contributed by atoms with Crippen LogP contribution in [-0.2, 0) is 9.59 Å². The van der Waals surface area contributed by atoms with Crippen LogP contribution in [0.3, 0.4) is 0 Å². The highest BCUT2D eigenvalue weighted by Crippen LogP contribution is 2.36. The van der Waals surface area contributed by atoms with Crippen LogP contribution < -0.4 is 15.4 Å². The first kappa shape index (κ1) is 24.9. The Hall–Kier alpha value is -2.70. The van der Waals surface area contributed by atoms with E-state index in [1.165, 1.54) is 24.6 Å². The van der Waals surface area contributed by atoms with Gasteiger partial charge in [0.25, 0.3) is 0 Å². The molecule has 3 rings (SSSR count). The van der Waals surface area contributed by atoms with E-state index >= 15 is 0 Å². The second-order valence-corrected chi connectivity index (χ2v) is 9.41. The summed E-state index contributed by atoms with van der Waals surface area (Å²) in [6.07, 6.45) is 4.10. The number of carbonyl (C=O) groups excluding carboxylic acids is 2. The molecule has 178 valence electrons. The van der Waals surface area contributed by atoms with Gasteiger partial charge in [0.1, 0.15) is 23.0 Å². The number of amides is 2. The average molecular weight is 472 g/mol. The number of thioether (sulfide) groups is 1. The van der Waals surface area contributed by atoms with Crippen molar-refractivity contribution < 1.29 is 14.3 Å². The van der Waals surface area contributed by atoms with Gasteiger partial charge in [-0.1, -0.05) is 12.1 Å². The van der Waals surface area contributed by atoms with E-state index in [0.29, 0.717) is 19.7 Å². The largest absolute Gasteiger partial charge is 0.492 e. The fraction of sp³-hybridized carbons (Fsp3) is 0.542. The molecule has 8 nitrogen and oxygen atoms in total. The Kier molecular flexibility index (Phi) is 9.46. The molecule has 2 fully saturated rings. The summed E-state index contributed by atoms with van der Waals surface area (Å²) < 4.78 is 5.91. The summed E-state index contributed by atoms with van der Waals surface area (Å²) >= 11 is 1.37. The molecule has 2 unspecified atom stereocenters. The van der Waals surface area contributed by atoms with Gasteiger partial charge in [-0.2, -0.15) is 5.26 Å². The van der Waals surface area contributed by atoms with Gasteiger partial charge in [-0.3, -0.25) is 14.5 Å². The van der Waals surface area contributed by atoms with Crippen molar-refractivity contribution in [3.05, 3.63) is 36.9 Å². The Bertz CT molecular complexity index is 868. The van der Waals surface area contributed by atoms with Gasteiger partial charge in [-0.25, -0.2) is 0 Å². The van der Waals surface area contributed by atoms with E-state index in [9.17, 15) is 14.9 Å². The predicted molar refractivity (Wildman–Crippen MR) is 131 cm³/mol. The van der Waals surface area contributed by atoms with Gasteiger partial charge in [-0.05, 0) is 45.0 Å². The molecule has 2 aliphatic rings. The number of nitrogens with one attached hydrogen (secondary N) is 2. The average Bonchev–Trinajstić information content (AvgIpc) is 3.45. The molecule has 0 saturated carbocycles. The molecule has 0 aliphatic carbocycles. The molecular weight excluding hydrogens is 438 g/mol. The summed E-state index contributed by atoms with van der Waals surface area (Å²) in [5.41, 5.74) is 0.870. The second kappa shape index (κ2) is 12.5. The van der Waals surface area contributed by atoms with Gasteiger partial charge in [0.05, 0.1) is 6.07 Å². The summed E-state index contributed by atoms with van der Waals surface area (Å²) in [5.74, 6) is -0.583. The SMILES string of the molecule is C=CCNC(=O)C(C#N)[C@@H]1SC(CNc2cccc(OCCN3CCCC3)c2)C(=O)N1CC. The van der Waals surface area contributed by atoms with E-state index in [2.05, 4.69) is 28.2 Å². The first-order valence-electron chi connectivity index (χ1n) is 11.5. The van der Waals surface area contributed by atoms with Crippen LogP contribution in [0.25, 0.3) is 0 Å². The first-order valence-corrected chi connectivity index (χ1v) is 12.4. The maximum atomic E-state index is 12.9. The Balaban J connectivity index is 1.55. The van der Waals surface area contributed by atoms with Crippen molar-refractivity contribution in [2.24, 2.45) is 5.92 Å². The summed E-state index contributed by atoms with van der Waals surface area (Å²) in [7, 11) is 0. The lowest BCUT2D eigenvalue weighted by atomic mass is 10.1. The third kappa shape index (κ3) is 6.65. The predicted octanol–water partition coefficient (Wildman–Crippen LogP) is 2.31. The first-order chi connectivity index (χ1) is 16.1. The molecule has 1 aromatic rings. The third-order valence-electron chi connectivity index (χ3n) is 5.84. The third-order valence-corrected chi connectivity index (χ3v) is 7.34. The molecule has 0 spiro atoms. The van der Waals surface area contributed by atoms with Gasteiger partial charge in [0, 0.05) is 37.9 Å². The van der Waals surface area contributed by atoms with Crippen LogP contribution in [-0.4, -0.2) is 78.1 Å². The molecule has 3 atom stereocenters. The van der Waals surface area contributed by atoms with Gasteiger partial charge in [0.15, 0.2) is 5.92 Å². The molecule has 2 saturated heterocycles. The topological polar surface area (TPSA) is 97.7 Å². The molecule has 33 heavy (non-hydrogen) atoms. The van der Waals surface area contributed by atoms with E-state index in [1.54, 1.807) is 11.0 Å². The molecule has 2 amide bonds. The minimum absolute atomic E-state index is 0.0604. The van der Waals surface area contributed by atoms with Crippen molar-refractivity contribution in [2.75, 3.05) is 51.2 Å². The van der Waals surface area contributed by atoms with Crippen LogP contribution in [0.5, 0.6) is 5.75 Å². The lowest BCUT2D eigenvalue weighted by molar-refractivity contribution is -0.131. The Labute approximate surface area is 200 Å². The maximum Gasteiger partial charge on any atom is 0.240 e. The minimum atomic E-state index is -0.934. The van der Waals surface area contributed by atoms with E-state index in [1.807, 2.05) is 31.2 Å². The summed E-state index contributed by atoms with van der Waals surface area (Å²) in [6, 6.07) is 9.80. The van der Waals surface area contributed by atoms with Crippen molar-refractivity contribution in [1.29, 1.82) is 5.26 Å². The molecule has 0 radical (unpaired) electrons. The molecule has 0 bridgehead atoms. The number of ether oxygens (including phenoxy) is 1. The number of carbonyl (C=O) groups is 2. The Morgan fingerprint density at radius 1 is 1.42 bits per heavy atom. The monoisotopic (exact) mass is 471 g/mol. The van der Waals surface area contributed by atoms with Crippen molar-refractivity contribution >= 4 is 29.3 Å². The number of likely N-dealkylation sites (tertiary alicyclic amines) is 1. The van der Waals surface area contributed by atoms with Crippen LogP contribution in [0.4, 0.5) is 5.69 Å². The van der Waals surface area contributed by atoms with Crippen molar-refractivity contribution in [1.82, 2.24) is 15.1 Å². The standard InChI is InChI=1S/C24H33N5O3S/c1-3-10-26-22(30)20(16-25)24-29(4-2)23(31)21(33-24)17-27-18-8-7-9-19(15-18)32-14-13-28-11-5-6-12-28/h3,7-9,15,20-21,24,27H,1,4-6,10-14,17H2,2H3,(H,26,30)/t20?,21?,24-/m0/s1. The van der Waals surface area contributed by atoms with Gasteiger partial charge >= 0.3 is 0 Å². The number of rotatable bonds is 12. The van der Waals surface area contributed by atoms with E-state index in [4.69, 9.17) is 4.74 Å². The van der Waals surface area contributed by atoms with Crippen LogP contribution in [0.2, 0.25) is 0 Å². The maximum absolute atomic E-state index is 12.9. The Morgan fingerprint density at radius 3 is 2.91 bits per heavy atom. The number of nitrogens with zero attached hydrogens (tertiary/aromatic N) is 3. The number of benzene rings is 1. The second-order valence-electron chi connectivity index (χ2n) is 8.09. The van der Waals surface area contributed by atoms with Gasteiger partial charge in [-0.15, -0.1) is 18.3 Å². The zero-order chi connectivity index (χ0) is 23.6. The zero-order valence-electron chi connectivity index (χ0n) is 19.2. The smallest absolute Gasteiger partial charge is 0.240 e. The number of anilines is 1. The van der Waals surface area contributed by atoms with Crippen molar-refractivity contribution in [3.8, 4) is 11.8 Å². The van der Waals surface area contributed by atoms with Gasteiger partial charge in [0.2, 0.25) is 11.8 Å². The fourth-order valence-electron chi connectivity index (χ4n) is 4.08. The van der Waals surface area contributed by atoms with E-state index in [0.717, 1.165) is 31.1 Å². The fourth-order valence-corrected chi connectivity index (χ4v) is 5.59.